The normalized spacial score (nSPS) is 37.6. The lowest BCUT2D eigenvalue weighted by atomic mass is 9.91. The maximum absolute atomic E-state index is 6.26. The summed E-state index contributed by atoms with van der Waals surface area (Å²) in [4.78, 5) is 0. The van der Waals surface area contributed by atoms with Crippen LogP contribution in [0.25, 0.3) is 0 Å². The molecule has 2 fully saturated rings. The van der Waals surface area contributed by atoms with Crippen LogP contribution in [-0.4, -0.2) is 17.3 Å². The molecule has 0 aromatic heterocycles. The Morgan fingerprint density at radius 3 is 2.79 bits per heavy atom. The predicted octanol–water partition coefficient (Wildman–Crippen LogP) is 3.86. The van der Waals surface area contributed by atoms with E-state index in [-0.39, 0.29) is 17.3 Å². The van der Waals surface area contributed by atoms with E-state index in [1.807, 2.05) is 18.2 Å². The van der Waals surface area contributed by atoms with E-state index in [1.54, 1.807) is 0 Å². The third-order valence-electron chi connectivity index (χ3n) is 4.63. The van der Waals surface area contributed by atoms with Crippen LogP contribution in [0.2, 0.25) is 0 Å². The number of rotatable bonds is 3. The zero-order valence-electron chi connectivity index (χ0n) is 11.8. The van der Waals surface area contributed by atoms with Crippen molar-refractivity contribution in [3.05, 3.63) is 48.0 Å². The van der Waals surface area contributed by atoms with E-state index in [4.69, 9.17) is 9.47 Å². The number of benzene rings is 1. The van der Waals surface area contributed by atoms with Gasteiger partial charge in [0.05, 0.1) is 23.9 Å². The summed E-state index contributed by atoms with van der Waals surface area (Å²) in [7, 11) is 0. The molecule has 0 amide bonds. The van der Waals surface area contributed by atoms with Crippen molar-refractivity contribution >= 4 is 0 Å². The third kappa shape index (κ3) is 2.24. The molecule has 1 aromatic carbocycles. The molecule has 0 N–H and O–H groups in total. The first-order chi connectivity index (χ1) is 9.02. The van der Waals surface area contributed by atoms with Gasteiger partial charge in [0.15, 0.2) is 0 Å². The molecule has 2 aliphatic heterocycles. The molecule has 102 valence electrons. The van der Waals surface area contributed by atoms with Gasteiger partial charge in [0, 0.05) is 6.42 Å². The van der Waals surface area contributed by atoms with Gasteiger partial charge in [0.2, 0.25) is 0 Å². The molecule has 2 saturated heterocycles. The predicted molar refractivity (Wildman–Crippen MR) is 75.9 cm³/mol. The van der Waals surface area contributed by atoms with Crippen LogP contribution in [0.15, 0.2) is 42.5 Å². The highest BCUT2D eigenvalue weighted by atomic mass is 16.6. The highest BCUT2D eigenvalue weighted by Crippen LogP contribution is 2.51. The first-order valence-corrected chi connectivity index (χ1v) is 7.06. The van der Waals surface area contributed by atoms with E-state index in [1.165, 1.54) is 11.1 Å². The molecular formula is C17H22O2. The fourth-order valence-corrected chi connectivity index (χ4v) is 3.38. The largest absolute Gasteiger partial charge is 0.371 e. The molecule has 2 aliphatic rings. The summed E-state index contributed by atoms with van der Waals surface area (Å²) in [6, 6.07) is 10.3. The molecular weight excluding hydrogens is 236 g/mol. The molecule has 2 heteroatoms. The average molecular weight is 258 g/mol. The Balaban J connectivity index is 1.68. The van der Waals surface area contributed by atoms with Crippen LogP contribution in [0.1, 0.15) is 38.7 Å². The second kappa shape index (κ2) is 4.46. The summed E-state index contributed by atoms with van der Waals surface area (Å²) >= 11 is 0. The van der Waals surface area contributed by atoms with Gasteiger partial charge in [0.25, 0.3) is 0 Å². The van der Waals surface area contributed by atoms with Gasteiger partial charge in [-0.25, -0.2) is 0 Å². The lowest BCUT2D eigenvalue weighted by molar-refractivity contribution is -0.193. The molecule has 19 heavy (non-hydrogen) atoms. The van der Waals surface area contributed by atoms with E-state index in [0.717, 1.165) is 19.3 Å². The van der Waals surface area contributed by atoms with Crippen molar-refractivity contribution in [3.63, 3.8) is 0 Å². The molecule has 0 saturated carbocycles. The molecule has 3 rings (SSSR count). The van der Waals surface area contributed by atoms with Crippen molar-refractivity contribution in [2.24, 2.45) is 0 Å². The second-order valence-electron chi connectivity index (χ2n) is 6.25. The van der Waals surface area contributed by atoms with Gasteiger partial charge in [-0.05, 0) is 37.8 Å². The minimum atomic E-state index is -0.196. The topological polar surface area (TPSA) is 18.5 Å². The van der Waals surface area contributed by atoms with E-state index < -0.39 is 0 Å². The van der Waals surface area contributed by atoms with Crippen LogP contribution in [0.4, 0.5) is 0 Å². The first kappa shape index (κ1) is 12.9. The minimum Gasteiger partial charge on any atom is -0.371 e. The summed E-state index contributed by atoms with van der Waals surface area (Å²) in [6.45, 7) is 9.17. The van der Waals surface area contributed by atoms with Gasteiger partial charge < -0.3 is 9.47 Å². The van der Waals surface area contributed by atoms with E-state index in [0.29, 0.717) is 6.61 Å². The first-order valence-electron chi connectivity index (χ1n) is 7.06. The molecule has 0 aliphatic carbocycles. The molecule has 3 atom stereocenters. The highest BCUT2D eigenvalue weighted by Gasteiger charge is 2.54. The Labute approximate surface area is 115 Å². The van der Waals surface area contributed by atoms with Crippen molar-refractivity contribution in [1.29, 1.82) is 0 Å². The minimum absolute atomic E-state index is 0.124. The molecule has 1 aromatic rings. The fraction of sp³-hybridized carbons (Fsp3) is 0.529. The Morgan fingerprint density at radius 2 is 2.05 bits per heavy atom. The van der Waals surface area contributed by atoms with Crippen LogP contribution in [-0.2, 0) is 16.1 Å². The van der Waals surface area contributed by atoms with Crippen LogP contribution in [0.3, 0.4) is 0 Å². The average Bonchev–Trinajstić information content (AvgIpc) is 2.56. The molecule has 0 spiro atoms. The smallest absolute Gasteiger partial charge is 0.0964 e. The van der Waals surface area contributed by atoms with Crippen molar-refractivity contribution in [3.8, 4) is 0 Å². The van der Waals surface area contributed by atoms with Crippen molar-refractivity contribution < 1.29 is 9.47 Å². The van der Waals surface area contributed by atoms with Crippen LogP contribution < -0.4 is 0 Å². The van der Waals surface area contributed by atoms with Gasteiger partial charge in [-0.3, -0.25) is 0 Å². The quantitative estimate of drug-likeness (QED) is 0.766. The Bertz CT molecular complexity index is 481. The molecule has 2 bridgehead atoms. The summed E-state index contributed by atoms with van der Waals surface area (Å²) < 4.78 is 12.4. The number of fused-ring (bicyclic) bond motifs is 2. The molecule has 0 radical (unpaired) electrons. The third-order valence-corrected chi connectivity index (χ3v) is 4.63. The number of hydrogen-bond acceptors (Lipinski definition) is 2. The fourth-order valence-electron chi connectivity index (χ4n) is 3.38. The van der Waals surface area contributed by atoms with Crippen molar-refractivity contribution in [2.45, 2.75) is 57.0 Å². The SMILES string of the molecule is C=C1C[C@]2(C)O[C@@]1(C)CC[C@H]2OCc1ccccc1. The molecule has 2 nitrogen and oxygen atoms in total. The summed E-state index contributed by atoms with van der Waals surface area (Å²) in [5.41, 5.74) is 2.12. The maximum Gasteiger partial charge on any atom is 0.0964 e. The second-order valence-corrected chi connectivity index (χ2v) is 6.25. The monoisotopic (exact) mass is 258 g/mol. The van der Waals surface area contributed by atoms with E-state index >= 15 is 0 Å². The summed E-state index contributed by atoms with van der Waals surface area (Å²) in [5, 5.41) is 0. The highest BCUT2D eigenvalue weighted by molar-refractivity contribution is 5.25. The zero-order chi connectivity index (χ0) is 13.5. The summed E-state index contributed by atoms with van der Waals surface area (Å²) in [6.07, 6.45) is 3.16. The van der Waals surface area contributed by atoms with Gasteiger partial charge in [0.1, 0.15) is 0 Å². The summed E-state index contributed by atoms with van der Waals surface area (Å²) in [5.74, 6) is 0. The van der Waals surface area contributed by atoms with Crippen molar-refractivity contribution in [1.82, 2.24) is 0 Å². The Morgan fingerprint density at radius 1 is 1.32 bits per heavy atom. The zero-order valence-corrected chi connectivity index (χ0v) is 11.8. The Hall–Kier alpha value is -1.12. The lowest BCUT2D eigenvalue weighted by Gasteiger charge is -2.41. The molecule has 2 heterocycles. The molecule has 0 unspecified atom stereocenters. The van der Waals surface area contributed by atoms with Crippen LogP contribution in [0, 0.1) is 0 Å². The van der Waals surface area contributed by atoms with E-state index in [9.17, 15) is 0 Å². The van der Waals surface area contributed by atoms with Gasteiger partial charge in [-0.15, -0.1) is 0 Å². The van der Waals surface area contributed by atoms with Crippen LogP contribution >= 0.6 is 0 Å². The van der Waals surface area contributed by atoms with Gasteiger partial charge in [-0.1, -0.05) is 36.9 Å². The maximum atomic E-state index is 6.26. The van der Waals surface area contributed by atoms with Crippen molar-refractivity contribution in [2.75, 3.05) is 0 Å². The van der Waals surface area contributed by atoms with E-state index in [2.05, 4.69) is 32.6 Å². The van der Waals surface area contributed by atoms with Crippen LogP contribution in [0.5, 0.6) is 0 Å². The van der Waals surface area contributed by atoms with Gasteiger partial charge >= 0.3 is 0 Å². The van der Waals surface area contributed by atoms with Gasteiger partial charge in [-0.2, -0.15) is 0 Å². The standard InChI is InChI=1S/C17H22O2/c1-13-11-17(3)15(9-10-16(13,2)19-17)18-12-14-7-5-4-6-8-14/h4-8,15H,1,9-12H2,2-3H3/t15-,16+,17+/m1/s1. The Kier molecular flexibility index (Phi) is 3.03. The number of ether oxygens (including phenoxy) is 2. The lowest BCUT2D eigenvalue weighted by Crippen LogP contribution is -2.48. The number of hydrogen-bond donors (Lipinski definition) is 0.